The Morgan fingerprint density at radius 2 is 2.27 bits per heavy atom. The molecule has 7 nitrogen and oxygen atoms in total. The third-order valence-corrected chi connectivity index (χ3v) is 3.88. The van der Waals surface area contributed by atoms with E-state index in [1.54, 1.807) is 10.9 Å². The molecule has 1 aliphatic carbocycles. The molecule has 1 fully saturated rings. The normalized spacial score (nSPS) is 21.6. The van der Waals surface area contributed by atoms with Crippen molar-refractivity contribution in [3.8, 4) is 5.88 Å². The van der Waals surface area contributed by atoms with Gasteiger partial charge in [-0.15, -0.1) is 0 Å². The van der Waals surface area contributed by atoms with Crippen molar-refractivity contribution >= 4 is 23.2 Å². The highest BCUT2D eigenvalue weighted by atomic mass is 35.5. The second kappa shape index (κ2) is 6.50. The third kappa shape index (κ3) is 3.66. The van der Waals surface area contributed by atoms with Gasteiger partial charge in [0.1, 0.15) is 11.1 Å². The van der Waals surface area contributed by atoms with Gasteiger partial charge in [-0.25, -0.2) is 4.98 Å². The maximum absolute atomic E-state index is 6.13. The first-order chi connectivity index (χ1) is 10.6. The molecule has 0 aliphatic heterocycles. The molecule has 3 N–H and O–H groups in total. The number of anilines is 2. The molecule has 0 spiro atoms. The van der Waals surface area contributed by atoms with Crippen LogP contribution >= 0.6 is 11.6 Å². The van der Waals surface area contributed by atoms with Crippen LogP contribution in [0, 0.1) is 0 Å². The lowest BCUT2D eigenvalue weighted by molar-refractivity contribution is 0.139. The van der Waals surface area contributed by atoms with Crippen LogP contribution in [0.5, 0.6) is 5.88 Å². The van der Waals surface area contributed by atoms with E-state index in [0.29, 0.717) is 16.9 Å². The van der Waals surface area contributed by atoms with Gasteiger partial charge in [0, 0.05) is 19.3 Å². The number of nitrogens with one attached hydrogen (secondary N) is 1. The van der Waals surface area contributed by atoms with Crippen molar-refractivity contribution in [2.75, 3.05) is 5.32 Å². The minimum absolute atomic E-state index is 0.0578. The molecule has 0 bridgehead atoms. The number of nitrogens with zero attached hydrogens (tertiary/aromatic N) is 4. The summed E-state index contributed by atoms with van der Waals surface area (Å²) in [5, 5.41) is 7.55. The van der Waals surface area contributed by atoms with E-state index in [0.717, 1.165) is 31.4 Å². The fourth-order valence-corrected chi connectivity index (χ4v) is 2.69. The van der Waals surface area contributed by atoms with Crippen LogP contribution in [-0.2, 0) is 7.05 Å². The Morgan fingerprint density at radius 1 is 1.41 bits per heavy atom. The number of ether oxygens (including phenoxy) is 1. The van der Waals surface area contributed by atoms with Crippen LogP contribution in [0.3, 0.4) is 0 Å². The van der Waals surface area contributed by atoms with E-state index in [1.165, 1.54) is 6.20 Å². The zero-order valence-corrected chi connectivity index (χ0v) is 13.1. The topological polar surface area (TPSA) is 90.9 Å². The Bertz CT molecular complexity index is 646. The molecular weight excluding hydrogens is 304 g/mol. The predicted octanol–water partition coefficient (Wildman–Crippen LogP) is 2.26. The van der Waals surface area contributed by atoms with Crippen LogP contribution < -0.4 is 15.8 Å². The van der Waals surface area contributed by atoms with E-state index in [4.69, 9.17) is 22.1 Å². The van der Waals surface area contributed by atoms with Crippen LogP contribution in [-0.4, -0.2) is 31.9 Å². The lowest BCUT2D eigenvalue weighted by Gasteiger charge is -2.27. The van der Waals surface area contributed by atoms with Gasteiger partial charge in [0.25, 0.3) is 0 Å². The second-order valence-corrected chi connectivity index (χ2v) is 5.95. The van der Waals surface area contributed by atoms with Gasteiger partial charge < -0.3 is 15.8 Å². The summed E-state index contributed by atoms with van der Waals surface area (Å²) < 4.78 is 7.61. The lowest BCUT2D eigenvalue weighted by atomic mass is 9.94. The fourth-order valence-electron chi connectivity index (χ4n) is 2.56. The molecule has 2 unspecified atom stereocenters. The van der Waals surface area contributed by atoms with Crippen molar-refractivity contribution in [3.63, 3.8) is 0 Å². The molecule has 3 rings (SSSR count). The van der Waals surface area contributed by atoms with Gasteiger partial charge in [-0.05, 0) is 25.7 Å². The third-order valence-electron chi connectivity index (χ3n) is 3.62. The monoisotopic (exact) mass is 322 g/mol. The van der Waals surface area contributed by atoms with E-state index in [2.05, 4.69) is 20.4 Å². The van der Waals surface area contributed by atoms with Gasteiger partial charge >= 0.3 is 0 Å². The van der Waals surface area contributed by atoms with Gasteiger partial charge in [-0.3, -0.25) is 4.68 Å². The molecule has 22 heavy (non-hydrogen) atoms. The Balaban J connectivity index is 1.72. The number of nitrogens with two attached hydrogens (primary N) is 1. The van der Waals surface area contributed by atoms with Crippen LogP contribution in [0.2, 0.25) is 5.02 Å². The van der Waals surface area contributed by atoms with E-state index < -0.39 is 0 Å². The van der Waals surface area contributed by atoms with Crippen molar-refractivity contribution in [2.24, 2.45) is 12.8 Å². The fraction of sp³-hybridized carbons (Fsp3) is 0.500. The zero-order chi connectivity index (χ0) is 15.5. The summed E-state index contributed by atoms with van der Waals surface area (Å²) in [7, 11) is 1.84. The summed E-state index contributed by atoms with van der Waals surface area (Å²) in [5.41, 5.74) is 6.79. The highest BCUT2D eigenvalue weighted by molar-refractivity contribution is 6.31. The molecular formula is C14H19ClN6O. The molecule has 1 aliphatic rings. The van der Waals surface area contributed by atoms with Crippen molar-refractivity contribution in [3.05, 3.63) is 23.6 Å². The van der Waals surface area contributed by atoms with E-state index in [9.17, 15) is 0 Å². The number of hydrogen-bond donors (Lipinski definition) is 2. The zero-order valence-electron chi connectivity index (χ0n) is 12.4. The van der Waals surface area contributed by atoms with Gasteiger partial charge in [-0.1, -0.05) is 11.6 Å². The van der Waals surface area contributed by atoms with Gasteiger partial charge in [0.05, 0.1) is 18.1 Å². The highest BCUT2D eigenvalue weighted by Gasteiger charge is 2.22. The van der Waals surface area contributed by atoms with Crippen LogP contribution in [0.25, 0.3) is 0 Å². The Hall–Kier alpha value is -1.86. The second-order valence-electron chi connectivity index (χ2n) is 5.54. The minimum Gasteiger partial charge on any atom is -0.473 e. The van der Waals surface area contributed by atoms with Gasteiger partial charge in [0.15, 0.2) is 0 Å². The lowest BCUT2D eigenvalue weighted by Crippen LogP contribution is -2.34. The molecule has 0 amide bonds. The Morgan fingerprint density at radius 3 is 3.00 bits per heavy atom. The van der Waals surface area contributed by atoms with Crippen LogP contribution in [0.1, 0.15) is 25.7 Å². The molecule has 1 saturated carbocycles. The average Bonchev–Trinajstić information content (AvgIpc) is 2.88. The molecule has 0 saturated heterocycles. The smallest absolute Gasteiger partial charge is 0.237 e. The summed E-state index contributed by atoms with van der Waals surface area (Å²) in [4.78, 5) is 8.50. The molecule has 2 aromatic rings. The Labute approximate surface area is 133 Å². The van der Waals surface area contributed by atoms with Gasteiger partial charge in [0.2, 0.25) is 11.8 Å². The minimum atomic E-state index is 0.0578. The van der Waals surface area contributed by atoms with Crippen LogP contribution in [0.15, 0.2) is 18.6 Å². The molecule has 0 radical (unpaired) electrons. The van der Waals surface area contributed by atoms with Crippen molar-refractivity contribution in [1.29, 1.82) is 0 Å². The molecule has 2 atom stereocenters. The maximum atomic E-state index is 6.13. The SMILES string of the molecule is Cn1cc(Nc2ncc(Cl)c(OC3CCCC(N)C3)n2)cn1. The molecule has 118 valence electrons. The quantitative estimate of drug-likeness (QED) is 0.897. The molecule has 2 aromatic heterocycles. The standard InChI is InChI=1S/C14H19ClN6O/c1-21-8-10(6-18-21)19-14-17-7-12(15)13(20-14)22-11-4-2-3-9(16)5-11/h6-9,11H,2-5,16H2,1H3,(H,17,19,20). The van der Waals surface area contributed by atoms with E-state index in [1.807, 2.05) is 13.2 Å². The first kappa shape index (κ1) is 15.1. The summed E-state index contributed by atoms with van der Waals surface area (Å²) in [5.74, 6) is 0.815. The van der Waals surface area contributed by atoms with Crippen molar-refractivity contribution in [2.45, 2.75) is 37.8 Å². The number of aryl methyl sites for hydroxylation is 1. The highest BCUT2D eigenvalue weighted by Crippen LogP contribution is 2.28. The molecule has 0 aromatic carbocycles. The number of rotatable bonds is 4. The number of halogens is 1. The number of aromatic nitrogens is 4. The predicted molar refractivity (Wildman–Crippen MR) is 84.4 cm³/mol. The van der Waals surface area contributed by atoms with E-state index >= 15 is 0 Å². The summed E-state index contributed by atoms with van der Waals surface area (Å²) in [6.07, 6.45) is 9.02. The largest absolute Gasteiger partial charge is 0.473 e. The Kier molecular flexibility index (Phi) is 4.44. The van der Waals surface area contributed by atoms with E-state index in [-0.39, 0.29) is 12.1 Å². The summed E-state index contributed by atoms with van der Waals surface area (Å²) in [6, 6.07) is 0.187. The van der Waals surface area contributed by atoms with Gasteiger partial charge in [-0.2, -0.15) is 10.1 Å². The van der Waals surface area contributed by atoms with Crippen LogP contribution in [0.4, 0.5) is 11.6 Å². The first-order valence-corrected chi connectivity index (χ1v) is 7.68. The first-order valence-electron chi connectivity index (χ1n) is 7.30. The summed E-state index contributed by atoms with van der Waals surface area (Å²) in [6.45, 7) is 0. The maximum Gasteiger partial charge on any atom is 0.237 e. The van der Waals surface area contributed by atoms with Crippen molar-refractivity contribution < 1.29 is 4.74 Å². The van der Waals surface area contributed by atoms with Crippen molar-refractivity contribution in [1.82, 2.24) is 19.7 Å². The average molecular weight is 323 g/mol. The number of hydrogen-bond acceptors (Lipinski definition) is 6. The summed E-state index contributed by atoms with van der Waals surface area (Å²) >= 11 is 6.13. The molecule has 2 heterocycles. The molecule has 8 heteroatoms.